The molecule has 0 bridgehead atoms. The highest BCUT2D eigenvalue weighted by molar-refractivity contribution is 8.05. The molecule has 3 heteroatoms. The number of thioether (sulfide) groups is 1. The first-order valence-corrected chi connectivity index (χ1v) is 11.1. The first-order chi connectivity index (χ1) is 11.8. The first kappa shape index (κ1) is 22.7. The summed E-state index contributed by atoms with van der Waals surface area (Å²) < 4.78 is 0. The van der Waals surface area contributed by atoms with E-state index in [-0.39, 0.29) is 0 Å². The normalized spacial score (nSPS) is 14.9. The molecule has 0 nitrogen and oxygen atoms in total. The Morgan fingerprint density at radius 1 is 1.00 bits per heavy atom. The second kappa shape index (κ2) is 11.4. The van der Waals surface area contributed by atoms with E-state index in [4.69, 9.17) is 11.6 Å². The number of allylic oxidation sites excluding steroid dienone is 1. The van der Waals surface area contributed by atoms with Crippen LogP contribution in [0.3, 0.4) is 0 Å². The molecule has 0 aliphatic carbocycles. The minimum absolute atomic E-state index is 0.609. The van der Waals surface area contributed by atoms with Crippen LogP contribution in [0.15, 0.2) is 40.0 Å². The van der Waals surface area contributed by atoms with Crippen LogP contribution in [0.4, 0.5) is 0 Å². The minimum Gasteiger partial charge on any atom is -0.105 e. The van der Waals surface area contributed by atoms with Crippen LogP contribution in [0.1, 0.15) is 67.7 Å². The monoisotopic (exact) mass is 378 g/mol. The Balaban J connectivity index is 3.18. The van der Waals surface area contributed by atoms with Crippen molar-refractivity contribution in [3.05, 3.63) is 40.2 Å². The van der Waals surface area contributed by atoms with E-state index in [0.29, 0.717) is 30.2 Å². The fourth-order valence-electron chi connectivity index (χ4n) is 3.16. The third kappa shape index (κ3) is 7.43. The highest BCUT2D eigenvalue weighted by Gasteiger charge is 2.34. The molecule has 0 aromatic heterocycles. The number of benzene rings is 1. The molecule has 0 N–H and O–H groups in total. The largest absolute Gasteiger partial charge is 0.190 e. The summed E-state index contributed by atoms with van der Waals surface area (Å²) in [5, 5.41) is 0.809. The summed E-state index contributed by atoms with van der Waals surface area (Å²) in [6.07, 6.45) is 6.22. The van der Waals surface area contributed by atoms with Crippen LogP contribution in [0.2, 0.25) is 16.7 Å². The Hall–Kier alpha value is -0.335. The summed E-state index contributed by atoms with van der Waals surface area (Å²) in [7, 11) is 0. The van der Waals surface area contributed by atoms with E-state index < -0.39 is 0 Å². The van der Waals surface area contributed by atoms with E-state index in [1.165, 1.54) is 24.2 Å². The van der Waals surface area contributed by atoms with Gasteiger partial charge in [0.05, 0.1) is 0 Å². The zero-order valence-electron chi connectivity index (χ0n) is 17.2. The zero-order chi connectivity index (χ0) is 19.0. The molecule has 0 aliphatic heterocycles. The Labute approximate surface area is 166 Å². The SMILES string of the molecule is CCCC/C=C(\Sc1ccc(Cl)cc1)B(C(C)C(C)C)C(C)C(C)C. The number of halogens is 1. The van der Waals surface area contributed by atoms with Gasteiger partial charge in [0, 0.05) is 9.92 Å². The van der Waals surface area contributed by atoms with Gasteiger partial charge in [0.15, 0.2) is 6.71 Å². The average molecular weight is 379 g/mol. The van der Waals surface area contributed by atoms with Crippen LogP contribution in [-0.2, 0) is 0 Å². The average Bonchev–Trinajstić information content (AvgIpc) is 2.56. The molecule has 1 rings (SSSR count). The van der Waals surface area contributed by atoms with E-state index in [0.717, 1.165) is 5.02 Å². The number of rotatable bonds is 10. The van der Waals surface area contributed by atoms with Gasteiger partial charge in [-0.05, 0) is 35.5 Å². The Kier molecular flexibility index (Phi) is 10.3. The van der Waals surface area contributed by atoms with Crippen molar-refractivity contribution in [2.45, 2.75) is 84.3 Å². The van der Waals surface area contributed by atoms with Gasteiger partial charge in [0.1, 0.15) is 0 Å². The van der Waals surface area contributed by atoms with Gasteiger partial charge in [0.25, 0.3) is 0 Å². The molecular formula is C22H36BClS. The van der Waals surface area contributed by atoms with Crippen LogP contribution in [0.25, 0.3) is 0 Å². The lowest BCUT2D eigenvalue weighted by Crippen LogP contribution is -2.31. The number of hydrogen-bond donors (Lipinski definition) is 0. The smallest absolute Gasteiger partial charge is 0.105 e. The van der Waals surface area contributed by atoms with Crippen molar-refractivity contribution in [1.29, 1.82) is 0 Å². The van der Waals surface area contributed by atoms with Crippen LogP contribution in [0.5, 0.6) is 0 Å². The molecule has 0 saturated carbocycles. The maximum atomic E-state index is 6.07. The second-order valence-electron chi connectivity index (χ2n) is 8.04. The molecule has 0 radical (unpaired) electrons. The summed E-state index contributed by atoms with van der Waals surface area (Å²) in [6.45, 7) is 17.2. The minimum atomic E-state index is 0.609. The summed E-state index contributed by atoms with van der Waals surface area (Å²) in [5.41, 5.74) is 0. The molecule has 0 fully saturated rings. The molecule has 1 aromatic rings. The maximum Gasteiger partial charge on any atom is 0.190 e. The highest BCUT2D eigenvalue weighted by atomic mass is 35.5. The highest BCUT2D eigenvalue weighted by Crippen LogP contribution is 2.42. The molecule has 0 heterocycles. The molecule has 2 unspecified atom stereocenters. The summed E-state index contributed by atoms with van der Waals surface area (Å²) in [5.74, 6) is 2.72. The van der Waals surface area contributed by atoms with Crippen molar-refractivity contribution in [3.63, 3.8) is 0 Å². The van der Waals surface area contributed by atoms with E-state index in [9.17, 15) is 0 Å². The summed E-state index contributed by atoms with van der Waals surface area (Å²) >= 11 is 8.02. The fourth-order valence-corrected chi connectivity index (χ4v) is 4.60. The fraction of sp³-hybridized carbons (Fsp3) is 0.636. The molecule has 0 aliphatic rings. The van der Waals surface area contributed by atoms with E-state index in [2.05, 4.69) is 66.7 Å². The van der Waals surface area contributed by atoms with Crippen molar-refractivity contribution < 1.29 is 0 Å². The van der Waals surface area contributed by atoms with Crippen LogP contribution < -0.4 is 0 Å². The van der Waals surface area contributed by atoms with Gasteiger partial charge >= 0.3 is 0 Å². The molecule has 1 aromatic carbocycles. The van der Waals surface area contributed by atoms with Crippen LogP contribution in [0, 0.1) is 11.8 Å². The van der Waals surface area contributed by atoms with Gasteiger partial charge in [-0.25, -0.2) is 0 Å². The maximum absolute atomic E-state index is 6.07. The van der Waals surface area contributed by atoms with Crippen molar-refractivity contribution in [1.82, 2.24) is 0 Å². The van der Waals surface area contributed by atoms with Gasteiger partial charge in [0.2, 0.25) is 0 Å². The van der Waals surface area contributed by atoms with Crippen molar-refractivity contribution in [2.75, 3.05) is 0 Å². The third-order valence-electron chi connectivity index (χ3n) is 5.52. The molecule has 2 atom stereocenters. The van der Waals surface area contributed by atoms with E-state index in [1.54, 1.807) is 4.80 Å². The standard InChI is InChI=1S/C22H36BClS/c1-8-9-10-11-22(25-21-14-12-20(24)13-15-21)23(18(6)16(2)3)19(7)17(4)5/h11-19H,8-10H2,1-7H3/b22-11-. The van der Waals surface area contributed by atoms with Crippen LogP contribution >= 0.6 is 23.4 Å². The van der Waals surface area contributed by atoms with Gasteiger partial charge < -0.3 is 0 Å². The van der Waals surface area contributed by atoms with Gasteiger partial charge in [-0.15, -0.1) is 11.8 Å². The molecular weight excluding hydrogens is 343 g/mol. The number of hydrogen-bond acceptors (Lipinski definition) is 1. The molecule has 25 heavy (non-hydrogen) atoms. The quantitative estimate of drug-likeness (QED) is 0.223. The Morgan fingerprint density at radius 2 is 1.52 bits per heavy atom. The second-order valence-corrected chi connectivity index (χ2v) is 9.62. The summed E-state index contributed by atoms with van der Waals surface area (Å²) in [6, 6.07) is 8.30. The zero-order valence-corrected chi connectivity index (χ0v) is 18.8. The summed E-state index contributed by atoms with van der Waals surface area (Å²) in [4.78, 5) is 2.85. The lowest BCUT2D eigenvalue weighted by Gasteiger charge is -2.33. The van der Waals surface area contributed by atoms with E-state index >= 15 is 0 Å². The van der Waals surface area contributed by atoms with Crippen molar-refractivity contribution in [2.24, 2.45) is 11.8 Å². The van der Waals surface area contributed by atoms with Crippen LogP contribution in [-0.4, -0.2) is 6.71 Å². The topological polar surface area (TPSA) is 0 Å². The lowest BCUT2D eigenvalue weighted by molar-refractivity contribution is 0.566. The van der Waals surface area contributed by atoms with Crippen molar-refractivity contribution >= 4 is 30.1 Å². The molecule has 0 amide bonds. The first-order valence-electron chi connectivity index (χ1n) is 9.91. The molecule has 0 spiro atoms. The van der Waals surface area contributed by atoms with Gasteiger partial charge in [-0.3, -0.25) is 0 Å². The molecule has 0 saturated heterocycles. The van der Waals surface area contributed by atoms with Gasteiger partial charge in [-0.1, -0.05) is 102 Å². The molecule has 140 valence electrons. The number of unbranched alkanes of at least 4 members (excludes halogenated alkanes) is 2. The predicted octanol–water partition coefficient (Wildman–Crippen LogP) is 8.63. The van der Waals surface area contributed by atoms with Crippen molar-refractivity contribution in [3.8, 4) is 0 Å². The Morgan fingerprint density at radius 3 is 1.96 bits per heavy atom. The lowest BCUT2D eigenvalue weighted by atomic mass is 9.31. The van der Waals surface area contributed by atoms with E-state index in [1.807, 2.05) is 23.9 Å². The third-order valence-corrected chi connectivity index (χ3v) is 6.95. The Bertz CT molecular complexity index is 507. The van der Waals surface area contributed by atoms with Gasteiger partial charge in [-0.2, -0.15) is 0 Å². The predicted molar refractivity (Wildman–Crippen MR) is 119 cm³/mol.